The molecule has 4 saturated carbocycles. The molecule has 0 aliphatic heterocycles. The molecule has 10 nitrogen and oxygen atoms in total. The molecule has 4 fully saturated rings. The van der Waals surface area contributed by atoms with Crippen molar-refractivity contribution >= 4 is 35.4 Å². The monoisotopic (exact) mass is 668 g/mol. The van der Waals surface area contributed by atoms with Gasteiger partial charge in [-0.1, -0.05) is 47.3 Å². The Bertz CT molecular complexity index is 1450. The number of carbonyl (C=O) groups is 6. The van der Waals surface area contributed by atoms with Gasteiger partial charge in [-0.2, -0.15) is 0 Å². The van der Waals surface area contributed by atoms with Crippen LogP contribution in [0.5, 0.6) is 0 Å². The Morgan fingerprint density at radius 2 is 1.71 bits per heavy atom. The van der Waals surface area contributed by atoms with Gasteiger partial charge in [0, 0.05) is 37.5 Å². The number of ketones is 2. The van der Waals surface area contributed by atoms with E-state index in [1.807, 2.05) is 13.0 Å². The van der Waals surface area contributed by atoms with Gasteiger partial charge >= 0.3 is 23.9 Å². The molecule has 0 saturated heterocycles. The van der Waals surface area contributed by atoms with Gasteiger partial charge in [-0.15, -0.1) is 0 Å². The maximum atomic E-state index is 14.1. The summed E-state index contributed by atoms with van der Waals surface area (Å²) < 4.78 is 17.1. The number of carboxylic acids is 1. The third kappa shape index (κ3) is 5.55. The van der Waals surface area contributed by atoms with E-state index in [-0.39, 0.29) is 64.3 Å². The average molecular weight is 669 g/mol. The fraction of sp³-hybridized carbons (Fsp3) is 0.737. The molecule has 0 bridgehead atoms. The summed E-state index contributed by atoms with van der Waals surface area (Å²) in [6.07, 6.45) is 7.19. The number of carbonyl (C=O) groups excluding carboxylic acids is 5. The van der Waals surface area contributed by atoms with Gasteiger partial charge in [0.05, 0.1) is 19.4 Å². The Morgan fingerprint density at radius 3 is 2.33 bits per heavy atom. The van der Waals surface area contributed by atoms with Gasteiger partial charge in [0.2, 0.25) is 0 Å². The van der Waals surface area contributed by atoms with Crippen molar-refractivity contribution < 1.29 is 48.1 Å². The smallest absolute Gasteiger partial charge is 0.306 e. The topological polar surface area (TPSA) is 150 Å². The molecule has 5 aliphatic carbocycles. The lowest BCUT2D eigenvalue weighted by Crippen LogP contribution is -2.56. The van der Waals surface area contributed by atoms with Gasteiger partial charge in [0.25, 0.3) is 0 Å². The number of ether oxygens (including phenoxy) is 3. The normalized spacial score (nSPS) is 39.3. The fourth-order valence-corrected chi connectivity index (χ4v) is 11.4. The Labute approximate surface area is 283 Å². The number of hydrogen-bond acceptors (Lipinski definition) is 9. The van der Waals surface area contributed by atoms with Gasteiger partial charge in [-0.3, -0.25) is 28.8 Å². The van der Waals surface area contributed by atoms with E-state index < -0.39 is 53.7 Å². The molecular formula is C38H52O10. The van der Waals surface area contributed by atoms with Gasteiger partial charge in [0.1, 0.15) is 6.10 Å². The Hall–Kier alpha value is -3.30. The second kappa shape index (κ2) is 12.5. The zero-order chi connectivity index (χ0) is 35.6. The molecule has 1 N–H and O–H groups in total. The minimum atomic E-state index is -1.20. The zero-order valence-electron chi connectivity index (χ0n) is 29.5. The molecule has 0 aromatic rings. The third-order valence-corrected chi connectivity index (χ3v) is 13.9. The summed E-state index contributed by atoms with van der Waals surface area (Å²) in [5, 5.41) is 8.84. The van der Waals surface area contributed by atoms with Crippen LogP contribution in [0.15, 0.2) is 24.3 Å². The summed E-state index contributed by atoms with van der Waals surface area (Å²) in [4.78, 5) is 74.7. The maximum Gasteiger partial charge on any atom is 0.306 e. The second-order valence-corrected chi connectivity index (χ2v) is 16.1. The molecule has 0 amide bonds. The van der Waals surface area contributed by atoms with Crippen molar-refractivity contribution in [1.82, 2.24) is 0 Å². The molecule has 2 spiro atoms. The van der Waals surface area contributed by atoms with Crippen molar-refractivity contribution in [1.29, 1.82) is 0 Å². The van der Waals surface area contributed by atoms with Crippen LogP contribution in [0.3, 0.4) is 0 Å². The molecule has 48 heavy (non-hydrogen) atoms. The van der Waals surface area contributed by atoms with Crippen molar-refractivity contribution in [2.45, 2.75) is 112 Å². The summed E-state index contributed by atoms with van der Waals surface area (Å²) in [5.74, 6) is -3.84. The third-order valence-electron chi connectivity index (χ3n) is 13.9. The Balaban J connectivity index is 1.43. The highest BCUT2D eigenvalue weighted by molar-refractivity contribution is 6.00. The number of allylic oxidation sites excluding steroid dienone is 2. The maximum absolute atomic E-state index is 14.1. The van der Waals surface area contributed by atoms with Crippen molar-refractivity contribution in [3.8, 4) is 0 Å². The van der Waals surface area contributed by atoms with Crippen molar-refractivity contribution in [3.63, 3.8) is 0 Å². The standard InChI is InChI=1S/C38H52O10/c1-20(18-46-31(44)12-11-30(42)43)21(2)33(45)34(48-25(6)40)23(4)32-28(47-24(5)39)17-36(8)29-10-9-26-22(3)27(41)13-14-37(26)19-38(29,37)16-15-35(32,36)7/h13-14,20,22-23,26,28-29,32,34H,2,9-12,15-19H2,1,3-8H3,(H,42,43)/t20-,22-,23-,26-,28-,29-,32-,34+,35+,36-,37+,38-/m0/s1. The lowest BCUT2D eigenvalue weighted by molar-refractivity contribution is -0.166. The van der Waals surface area contributed by atoms with Crippen LogP contribution >= 0.6 is 0 Å². The van der Waals surface area contributed by atoms with Gasteiger partial charge in [-0.05, 0) is 83.7 Å². The number of rotatable bonds is 12. The molecule has 10 heteroatoms. The molecule has 0 unspecified atom stereocenters. The van der Waals surface area contributed by atoms with Gasteiger partial charge in [-0.25, -0.2) is 0 Å². The van der Waals surface area contributed by atoms with Crippen LogP contribution < -0.4 is 0 Å². The van der Waals surface area contributed by atoms with Crippen LogP contribution in [0.25, 0.3) is 0 Å². The van der Waals surface area contributed by atoms with E-state index in [0.29, 0.717) is 18.3 Å². The van der Waals surface area contributed by atoms with E-state index in [1.165, 1.54) is 13.8 Å². The summed E-state index contributed by atoms with van der Waals surface area (Å²) >= 11 is 0. The van der Waals surface area contributed by atoms with Crippen LogP contribution in [0.4, 0.5) is 0 Å². The van der Waals surface area contributed by atoms with Crippen LogP contribution in [0.2, 0.25) is 0 Å². The summed E-state index contributed by atoms with van der Waals surface area (Å²) in [6, 6.07) is 0. The zero-order valence-corrected chi connectivity index (χ0v) is 29.5. The van der Waals surface area contributed by atoms with Crippen molar-refractivity contribution in [3.05, 3.63) is 24.3 Å². The molecule has 0 aromatic carbocycles. The first-order valence-corrected chi connectivity index (χ1v) is 17.5. The quantitative estimate of drug-likeness (QED) is 0.157. The predicted octanol–water partition coefficient (Wildman–Crippen LogP) is 5.66. The minimum Gasteiger partial charge on any atom is -0.481 e. The number of Topliss-reactive ketones (excluding diaryl/α,β-unsaturated/α-hetero) is 1. The summed E-state index contributed by atoms with van der Waals surface area (Å²) in [7, 11) is 0. The average Bonchev–Trinajstić information content (AvgIpc) is 3.62. The van der Waals surface area contributed by atoms with Crippen LogP contribution in [0, 0.1) is 57.2 Å². The first kappa shape index (κ1) is 36.0. The number of hydrogen-bond donors (Lipinski definition) is 1. The number of fused-ring (bicyclic) bond motifs is 2. The van der Waals surface area contributed by atoms with Crippen molar-refractivity contribution in [2.75, 3.05) is 6.61 Å². The molecule has 0 heterocycles. The lowest BCUT2D eigenvalue weighted by Gasteiger charge is -2.61. The van der Waals surface area contributed by atoms with Crippen molar-refractivity contribution in [2.24, 2.45) is 57.2 Å². The van der Waals surface area contributed by atoms with Gasteiger partial charge < -0.3 is 19.3 Å². The number of aliphatic carboxylic acids is 1. The van der Waals surface area contributed by atoms with Crippen LogP contribution in [-0.2, 0) is 43.0 Å². The Morgan fingerprint density at radius 1 is 1.02 bits per heavy atom. The first-order valence-electron chi connectivity index (χ1n) is 17.5. The summed E-state index contributed by atoms with van der Waals surface area (Å²) in [6.45, 7) is 16.7. The summed E-state index contributed by atoms with van der Waals surface area (Å²) in [5.41, 5.74) is -0.358. The highest BCUT2D eigenvalue weighted by atomic mass is 16.6. The first-order chi connectivity index (χ1) is 22.3. The number of carboxylic acid groups (broad SMARTS) is 1. The molecule has 5 rings (SSSR count). The SMILES string of the molecule is C=C(C(=O)[C@H](OC(C)=O)[C@@H](C)[C@H]1[C@@H](OC(C)=O)C[C@@]2(C)[C@@H]3CC[C@H]4[C@H](C)C(=O)C=C[C@@]45C[C@@]35CC[C@]12C)[C@@H](C)COC(=O)CCC(=O)O. The lowest BCUT2D eigenvalue weighted by atomic mass is 9.43. The number of esters is 3. The van der Waals surface area contributed by atoms with E-state index >= 15 is 0 Å². The second-order valence-electron chi connectivity index (χ2n) is 16.1. The Kier molecular flexibility index (Phi) is 9.41. The van der Waals surface area contributed by atoms with E-state index in [2.05, 4.69) is 33.4 Å². The van der Waals surface area contributed by atoms with Crippen LogP contribution in [0.1, 0.15) is 99.8 Å². The molecule has 5 aliphatic rings. The van der Waals surface area contributed by atoms with Gasteiger partial charge in [0.15, 0.2) is 17.7 Å². The fourth-order valence-electron chi connectivity index (χ4n) is 11.4. The van der Waals surface area contributed by atoms with E-state index in [4.69, 9.17) is 19.3 Å². The highest BCUT2D eigenvalue weighted by Gasteiger charge is 2.81. The van der Waals surface area contributed by atoms with E-state index in [1.54, 1.807) is 6.92 Å². The van der Waals surface area contributed by atoms with E-state index in [9.17, 15) is 28.8 Å². The molecular weight excluding hydrogens is 616 g/mol. The predicted molar refractivity (Wildman–Crippen MR) is 174 cm³/mol. The molecule has 12 atom stereocenters. The van der Waals surface area contributed by atoms with E-state index in [0.717, 1.165) is 32.1 Å². The molecule has 264 valence electrons. The van der Waals surface area contributed by atoms with Crippen LogP contribution in [-0.4, -0.2) is 59.4 Å². The minimum absolute atomic E-state index is 0.0147. The molecule has 0 aromatic heterocycles. The largest absolute Gasteiger partial charge is 0.481 e. The molecule has 0 radical (unpaired) electrons. The highest BCUT2D eigenvalue weighted by Crippen LogP contribution is 2.87.